The van der Waals surface area contributed by atoms with Crippen molar-refractivity contribution in [1.82, 2.24) is 0 Å². The SMILES string of the molecule is Cc1cc(C(N)CCCC(=O)O)cc(C)c1F. The molecule has 0 aliphatic carbocycles. The Balaban J connectivity index is 2.69. The molecule has 0 aromatic heterocycles. The number of hydrogen-bond acceptors (Lipinski definition) is 2. The monoisotopic (exact) mass is 239 g/mol. The summed E-state index contributed by atoms with van der Waals surface area (Å²) in [5, 5.41) is 8.53. The Morgan fingerprint density at radius 2 is 1.94 bits per heavy atom. The number of hydrogen-bond donors (Lipinski definition) is 2. The minimum atomic E-state index is -0.816. The fraction of sp³-hybridized carbons (Fsp3) is 0.462. The summed E-state index contributed by atoms with van der Waals surface area (Å²) < 4.78 is 13.4. The lowest BCUT2D eigenvalue weighted by Gasteiger charge is -2.14. The molecule has 1 aromatic carbocycles. The summed E-state index contributed by atoms with van der Waals surface area (Å²) >= 11 is 0. The van der Waals surface area contributed by atoms with Crippen molar-refractivity contribution in [3.8, 4) is 0 Å². The summed E-state index contributed by atoms with van der Waals surface area (Å²) in [5.41, 5.74) is 7.98. The Bertz CT molecular complexity index is 395. The minimum Gasteiger partial charge on any atom is -0.481 e. The number of rotatable bonds is 5. The molecule has 0 saturated carbocycles. The van der Waals surface area contributed by atoms with Crippen molar-refractivity contribution in [1.29, 1.82) is 0 Å². The second-order valence-corrected chi connectivity index (χ2v) is 4.36. The van der Waals surface area contributed by atoms with Gasteiger partial charge in [0.15, 0.2) is 0 Å². The third-order valence-corrected chi connectivity index (χ3v) is 2.79. The quantitative estimate of drug-likeness (QED) is 0.830. The molecular weight excluding hydrogens is 221 g/mol. The number of aliphatic carboxylic acids is 1. The molecule has 3 nitrogen and oxygen atoms in total. The molecule has 0 spiro atoms. The number of nitrogens with two attached hydrogens (primary N) is 1. The second kappa shape index (κ2) is 5.77. The highest BCUT2D eigenvalue weighted by Crippen LogP contribution is 2.22. The van der Waals surface area contributed by atoms with Gasteiger partial charge in [-0.2, -0.15) is 0 Å². The molecule has 94 valence electrons. The molecular formula is C13H18FNO2. The molecule has 0 bridgehead atoms. The van der Waals surface area contributed by atoms with Gasteiger partial charge in [-0.3, -0.25) is 4.79 Å². The molecule has 3 N–H and O–H groups in total. The molecule has 0 aliphatic rings. The summed E-state index contributed by atoms with van der Waals surface area (Å²) in [6.45, 7) is 3.41. The van der Waals surface area contributed by atoms with Gasteiger partial charge in [-0.15, -0.1) is 0 Å². The average molecular weight is 239 g/mol. The number of halogens is 1. The number of carboxylic acids is 1. The Morgan fingerprint density at radius 3 is 2.41 bits per heavy atom. The number of benzene rings is 1. The van der Waals surface area contributed by atoms with Crippen LogP contribution in [0, 0.1) is 19.7 Å². The van der Waals surface area contributed by atoms with Gasteiger partial charge in [0.25, 0.3) is 0 Å². The van der Waals surface area contributed by atoms with Gasteiger partial charge >= 0.3 is 5.97 Å². The van der Waals surface area contributed by atoms with E-state index in [2.05, 4.69) is 0 Å². The van der Waals surface area contributed by atoms with Crippen molar-refractivity contribution >= 4 is 5.97 Å². The second-order valence-electron chi connectivity index (χ2n) is 4.36. The molecule has 0 aliphatic heterocycles. The van der Waals surface area contributed by atoms with Crippen LogP contribution in [0.2, 0.25) is 0 Å². The summed E-state index contributed by atoms with van der Waals surface area (Å²) in [5.74, 6) is -1.02. The van der Waals surface area contributed by atoms with E-state index in [-0.39, 0.29) is 18.3 Å². The smallest absolute Gasteiger partial charge is 0.303 e. The molecule has 0 fully saturated rings. The van der Waals surface area contributed by atoms with Gasteiger partial charge < -0.3 is 10.8 Å². The first-order valence-electron chi connectivity index (χ1n) is 5.66. The van der Waals surface area contributed by atoms with Crippen molar-refractivity contribution in [3.05, 3.63) is 34.6 Å². The topological polar surface area (TPSA) is 63.3 Å². The van der Waals surface area contributed by atoms with E-state index in [1.165, 1.54) is 0 Å². The predicted octanol–water partition coefficient (Wildman–Crippen LogP) is 2.70. The first-order valence-corrected chi connectivity index (χ1v) is 5.66. The van der Waals surface area contributed by atoms with E-state index < -0.39 is 5.97 Å². The van der Waals surface area contributed by atoms with Crippen molar-refractivity contribution < 1.29 is 14.3 Å². The van der Waals surface area contributed by atoms with Gasteiger partial charge in [0, 0.05) is 12.5 Å². The molecule has 4 heteroatoms. The maximum atomic E-state index is 13.4. The predicted molar refractivity (Wildman–Crippen MR) is 64.3 cm³/mol. The van der Waals surface area contributed by atoms with Gasteiger partial charge in [0.1, 0.15) is 5.82 Å². The lowest BCUT2D eigenvalue weighted by atomic mass is 9.97. The molecule has 1 unspecified atom stereocenters. The van der Waals surface area contributed by atoms with E-state index in [1.807, 2.05) is 0 Å². The van der Waals surface area contributed by atoms with Crippen LogP contribution in [0.1, 0.15) is 42.0 Å². The third-order valence-electron chi connectivity index (χ3n) is 2.79. The van der Waals surface area contributed by atoms with Gasteiger partial charge in [0.05, 0.1) is 0 Å². The minimum absolute atomic E-state index is 0.118. The number of carboxylic acid groups (broad SMARTS) is 1. The standard InChI is InChI=1S/C13H18FNO2/c1-8-6-10(7-9(2)13(8)14)11(15)4-3-5-12(16)17/h6-7,11H,3-5,15H2,1-2H3,(H,16,17). The zero-order valence-electron chi connectivity index (χ0n) is 10.2. The van der Waals surface area contributed by atoms with Crippen LogP contribution < -0.4 is 5.73 Å². The first-order chi connectivity index (χ1) is 7.91. The van der Waals surface area contributed by atoms with E-state index in [1.54, 1.807) is 26.0 Å². The molecule has 1 rings (SSSR count). The van der Waals surface area contributed by atoms with Crippen molar-refractivity contribution in [2.24, 2.45) is 5.73 Å². The zero-order chi connectivity index (χ0) is 13.0. The summed E-state index contributed by atoms with van der Waals surface area (Å²) in [4.78, 5) is 10.4. The summed E-state index contributed by atoms with van der Waals surface area (Å²) in [6.07, 6.45) is 1.25. The normalized spacial score (nSPS) is 12.5. The Kier molecular flexibility index (Phi) is 4.63. The van der Waals surface area contributed by atoms with Crippen LogP contribution in [0.25, 0.3) is 0 Å². The van der Waals surface area contributed by atoms with Crippen LogP contribution in [0.15, 0.2) is 12.1 Å². The van der Waals surface area contributed by atoms with Gasteiger partial charge in [0.2, 0.25) is 0 Å². The van der Waals surface area contributed by atoms with Gasteiger partial charge in [-0.1, -0.05) is 12.1 Å². The van der Waals surface area contributed by atoms with Crippen molar-refractivity contribution in [3.63, 3.8) is 0 Å². The fourth-order valence-electron chi connectivity index (χ4n) is 1.83. The van der Waals surface area contributed by atoms with Gasteiger partial charge in [-0.05, 0) is 43.4 Å². The summed E-state index contributed by atoms with van der Waals surface area (Å²) in [7, 11) is 0. The van der Waals surface area contributed by atoms with E-state index in [4.69, 9.17) is 10.8 Å². The molecule has 1 aromatic rings. The first kappa shape index (κ1) is 13.6. The fourth-order valence-corrected chi connectivity index (χ4v) is 1.83. The lowest BCUT2D eigenvalue weighted by Crippen LogP contribution is -2.12. The van der Waals surface area contributed by atoms with Crippen molar-refractivity contribution in [2.45, 2.75) is 39.2 Å². The highest BCUT2D eigenvalue weighted by Gasteiger charge is 2.11. The highest BCUT2D eigenvalue weighted by molar-refractivity contribution is 5.66. The molecule has 0 amide bonds. The van der Waals surface area contributed by atoms with E-state index in [0.29, 0.717) is 24.0 Å². The molecule has 0 radical (unpaired) electrons. The average Bonchev–Trinajstić information content (AvgIpc) is 2.24. The van der Waals surface area contributed by atoms with Crippen LogP contribution in [0.4, 0.5) is 4.39 Å². The Hall–Kier alpha value is -1.42. The largest absolute Gasteiger partial charge is 0.481 e. The van der Waals surface area contributed by atoms with Crippen LogP contribution in [0.5, 0.6) is 0 Å². The van der Waals surface area contributed by atoms with Gasteiger partial charge in [-0.25, -0.2) is 4.39 Å². The molecule has 1 atom stereocenters. The van der Waals surface area contributed by atoms with Crippen LogP contribution >= 0.6 is 0 Å². The highest BCUT2D eigenvalue weighted by atomic mass is 19.1. The maximum Gasteiger partial charge on any atom is 0.303 e. The van der Waals surface area contributed by atoms with Crippen molar-refractivity contribution in [2.75, 3.05) is 0 Å². The molecule has 17 heavy (non-hydrogen) atoms. The Labute approximate surface area is 100 Å². The number of aryl methyl sites for hydroxylation is 2. The summed E-state index contributed by atoms with van der Waals surface area (Å²) in [6, 6.07) is 3.23. The Morgan fingerprint density at radius 1 is 1.41 bits per heavy atom. The van der Waals surface area contributed by atoms with E-state index in [9.17, 15) is 9.18 Å². The van der Waals surface area contributed by atoms with Crippen LogP contribution in [0.3, 0.4) is 0 Å². The third kappa shape index (κ3) is 3.82. The van der Waals surface area contributed by atoms with E-state index >= 15 is 0 Å². The maximum absolute atomic E-state index is 13.4. The molecule has 0 heterocycles. The molecule has 0 saturated heterocycles. The van der Waals surface area contributed by atoms with Crippen LogP contribution in [-0.4, -0.2) is 11.1 Å². The lowest BCUT2D eigenvalue weighted by molar-refractivity contribution is -0.137. The van der Waals surface area contributed by atoms with E-state index in [0.717, 1.165) is 5.56 Å². The zero-order valence-corrected chi connectivity index (χ0v) is 10.2. The van der Waals surface area contributed by atoms with Crippen LogP contribution in [-0.2, 0) is 4.79 Å². The number of carbonyl (C=O) groups is 1.